The summed E-state index contributed by atoms with van der Waals surface area (Å²) in [4.78, 5) is 8.57. The van der Waals surface area contributed by atoms with Crippen molar-refractivity contribution in [1.29, 1.82) is 0 Å². The first-order valence-corrected chi connectivity index (χ1v) is 7.59. The summed E-state index contributed by atoms with van der Waals surface area (Å²) in [6.45, 7) is 4.00. The SMILES string of the molecule is Cc1cnc(C(C)n2c(=S)[nH]c3cc(Cl)c(F)cc32)s1. The van der Waals surface area contributed by atoms with Crippen LogP contribution in [0.1, 0.15) is 22.9 Å². The van der Waals surface area contributed by atoms with Crippen molar-refractivity contribution in [2.24, 2.45) is 0 Å². The van der Waals surface area contributed by atoms with Crippen molar-refractivity contribution < 1.29 is 4.39 Å². The van der Waals surface area contributed by atoms with Crippen molar-refractivity contribution in [1.82, 2.24) is 14.5 Å². The van der Waals surface area contributed by atoms with Crippen molar-refractivity contribution >= 4 is 46.2 Å². The third-order valence-corrected chi connectivity index (χ3v) is 4.81. The van der Waals surface area contributed by atoms with Gasteiger partial charge in [-0.25, -0.2) is 9.37 Å². The Bertz CT molecular complexity index is 849. The molecule has 2 heterocycles. The maximum Gasteiger partial charge on any atom is 0.178 e. The number of nitrogens with zero attached hydrogens (tertiary/aromatic N) is 2. The minimum Gasteiger partial charge on any atom is -0.331 e. The molecule has 7 heteroatoms. The minimum absolute atomic E-state index is 0.0597. The molecule has 0 saturated carbocycles. The highest BCUT2D eigenvalue weighted by Gasteiger charge is 2.17. The number of aromatic amines is 1. The smallest absolute Gasteiger partial charge is 0.178 e. The van der Waals surface area contributed by atoms with Crippen molar-refractivity contribution in [3.63, 3.8) is 0 Å². The van der Waals surface area contributed by atoms with E-state index in [4.69, 9.17) is 23.8 Å². The van der Waals surface area contributed by atoms with Gasteiger partial charge >= 0.3 is 0 Å². The van der Waals surface area contributed by atoms with Crippen LogP contribution in [0.4, 0.5) is 4.39 Å². The number of nitrogens with one attached hydrogen (secondary N) is 1. The van der Waals surface area contributed by atoms with Crippen molar-refractivity contribution in [3.05, 3.63) is 43.8 Å². The zero-order valence-corrected chi connectivity index (χ0v) is 13.2. The molecule has 20 heavy (non-hydrogen) atoms. The molecule has 1 aromatic carbocycles. The summed E-state index contributed by atoms with van der Waals surface area (Å²) in [5.41, 5.74) is 1.42. The number of imidazole rings is 1. The fourth-order valence-corrected chi connectivity index (χ4v) is 3.53. The van der Waals surface area contributed by atoms with E-state index in [9.17, 15) is 4.39 Å². The molecule has 0 radical (unpaired) electrons. The summed E-state index contributed by atoms with van der Waals surface area (Å²) in [5.74, 6) is -0.454. The molecule has 1 atom stereocenters. The normalized spacial score (nSPS) is 13.0. The Labute approximate surface area is 129 Å². The Morgan fingerprint density at radius 2 is 2.25 bits per heavy atom. The van der Waals surface area contributed by atoms with Crippen LogP contribution in [0.3, 0.4) is 0 Å². The minimum atomic E-state index is -0.454. The van der Waals surface area contributed by atoms with Crippen LogP contribution >= 0.6 is 35.2 Å². The largest absolute Gasteiger partial charge is 0.331 e. The van der Waals surface area contributed by atoms with E-state index < -0.39 is 5.82 Å². The van der Waals surface area contributed by atoms with Crippen LogP contribution in [-0.4, -0.2) is 14.5 Å². The molecule has 0 fully saturated rings. The van der Waals surface area contributed by atoms with E-state index >= 15 is 0 Å². The zero-order chi connectivity index (χ0) is 14.4. The average Bonchev–Trinajstić information content (AvgIpc) is 2.93. The summed E-state index contributed by atoms with van der Waals surface area (Å²) in [7, 11) is 0. The number of H-pyrrole nitrogens is 1. The van der Waals surface area contributed by atoms with Gasteiger partial charge in [-0.15, -0.1) is 11.3 Å². The van der Waals surface area contributed by atoms with Gasteiger partial charge in [0.25, 0.3) is 0 Å². The number of hydrogen-bond acceptors (Lipinski definition) is 3. The third-order valence-electron chi connectivity index (χ3n) is 3.14. The van der Waals surface area contributed by atoms with Crippen molar-refractivity contribution in [2.45, 2.75) is 19.9 Å². The number of benzene rings is 1. The molecule has 3 nitrogen and oxygen atoms in total. The number of hydrogen-bond donors (Lipinski definition) is 1. The molecule has 3 aromatic rings. The van der Waals surface area contributed by atoms with E-state index in [1.165, 1.54) is 6.07 Å². The van der Waals surface area contributed by atoms with Crippen LogP contribution in [0.2, 0.25) is 5.02 Å². The second-order valence-corrected chi connectivity index (χ2v) is 6.63. The number of aryl methyl sites for hydroxylation is 1. The first kappa shape index (κ1) is 13.7. The highest BCUT2D eigenvalue weighted by atomic mass is 35.5. The van der Waals surface area contributed by atoms with Crippen LogP contribution in [0.15, 0.2) is 18.3 Å². The lowest BCUT2D eigenvalue weighted by Gasteiger charge is -2.11. The van der Waals surface area contributed by atoms with E-state index in [0.29, 0.717) is 10.3 Å². The van der Waals surface area contributed by atoms with Gasteiger partial charge in [-0.2, -0.15) is 0 Å². The third kappa shape index (κ3) is 2.17. The van der Waals surface area contributed by atoms with E-state index in [2.05, 4.69) is 9.97 Å². The van der Waals surface area contributed by atoms with Gasteiger partial charge in [-0.3, -0.25) is 0 Å². The van der Waals surface area contributed by atoms with E-state index in [1.54, 1.807) is 17.4 Å². The highest BCUT2D eigenvalue weighted by molar-refractivity contribution is 7.71. The molecule has 2 aromatic heterocycles. The second kappa shape index (κ2) is 4.95. The van der Waals surface area contributed by atoms with Crippen LogP contribution in [0.5, 0.6) is 0 Å². The Balaban J connectivity index is 2.23. The van der Waals surface area contributed by atoms with Gasteiger partial charge in [0.2, 0.25) is 0 Å². The molecular formula is C13H11ClFN3S2. The first-order chi connectivity index (χ1) is 9.47. The molecule has 104 valence electrons. The fraction of sp³-hybridized carbons (Fsp3) is 0.231. The molecule has 1 unspecified atom stereocenters. The van der Waals surface area contributed by atoms with Gasteiger partial charge in [0, 0.05) is 17.1 Å². The molecule has 0 aliphatic rings. The number of halogens is 2. The summed E-state index contributed by atoms with van der Waals surface area (Å²) < 4.78 is 16.1. The molecule has 0 spiro atoms. The van der Waals surface area contributed by atoms with Crippen molar-refractivity contribution in [2.75, 3.05) is 0 Å². The number of fused-ring (bicyclic) bond motifs is 1. The highest BCUT2D eigenvalue weighted by Crippen LogP contribution is 2.29. The van der Waals surface area contributed by atoms with Crippen molar-refractivity contribution in [3.8, 4) is 0 Å². The number of thiazole rings is 1. The zero-order valence-electron chi connectivity index (χ0n) is 10.8. The van der Waals surface area contributed by atoms with Gasteiger partial charge in [0.15, 0.2) is 4.77 Å². The Morgan fingerprint density at radius 1 is 1.50 bits per heavy atom. The number of rotatable bonds is 2. The van der Waals surface area contributed by atoms with E-state index in [0.717, 1.165) is 15.4 Å². The standard InChI is InChI=1S/C13H11ClFN3S2/c1-6-5-16-12(20-6)7(2)18-11-4-9(15)8(14)3-10(11)17-13(18)19/h3-5,7H,1-2H3,(H,17,19). The Morgan fingerprint density at radius 3 is 2.90 bits per heavy atom. The quantitative estimate of drug-likeness (QED) is 0.681. The summed E-state index contributed by atoms with van der Waals surface area (Å²) >= 11 is 12.7. The monoisotopic (exact) mass is 327 g/mol. The predicted octanol–water partition coefficient (Wildman–Crippen LogP) is 4.87. The maximum atomic E-state index is 13.7. The van der Waals surface area contributed by atoms with Crippen LogP contribution < -0.4 is 0 Å². The summed E-state index contributed by atoms with van der Waals surface area (Å²) in [6.07, 6.45) is 1.83. The van der Waals surface area contributed by atoms with Crippen LogP contribution in [-0.2, 0) is 0 Å². The summed E-state index contributed by atoms with van der Waals surface area (Å²) in [6, 6.07) is 2.90. The topological polar surface area (TPSA) is 33.6 Å². The predicted molar refractivity (Wildman–Crippen MR) is 82.8 cm³/mol. The van der Waals surface area contributed by atoms with Crippen LogP contribution in [0.25, 0.3) is 11.0 Å². The van der Waals surface area contributed by atoms with E-state index in [-0.39, 0.29) is 11.1 Å². The second-order valence-electron chi connectivity index (χ2n) is 4.57. The van der Waals surface area contributed by atoms with Gasteiger partial charge in [0.1, 0.15) is 10.8 Å². The molecule has 1 N–H and O–H groups in total. The molecule has 0 aliphatic heterocycles. The van der Waals surface area contributed by atoms with E-state index in [1.807, 2.05) is 24.6 Å². The van der Waals surface area contributed by atoms with Gasteiger partial charge < -0.3 is 9.55 Å². The fourth-order valence-electron chi connectivity index (χ4n) is 2.18. The lowest BCUT2D eigenvalue weighted by Crippen LogP contribution is -2.06. The first-order valence-electron chi connectivity index (χ1n) is 5.99. The Hall–Kier alpha value is -1.24. The summed E-state index contributed by atoms with van der Waals surface area (Å²) in [5, 5.41) is 1.02. The molecular weight excluding hydrogens is 317 g/mol. The molecule has 0 aliphatic carbocycles. The average molecular weight is 328 g/mol. The Kier molecular flexibility index (Phi) is 3.40. The molecule has 0 saturated heterocycles. The lowest BCUT2D eigenvalue weighted by atomic mass is 10.2. The molecule has 3 rings (SSSR count). The lowest BCUT2D eigenvalue weighted by molar-refractivity contribution is 0.621. The number of aromatic nitrogens is 3. The van der Waals surface area contributed by atoms with Gasteiger partial charge in [0.05, 0.1) is 22.1 Å². The maximum absolute atomic E-state index is 13.7. The van der Waals surface area contributed by atoms with Gasteiger partial charge in [-0.05, 0) is 32.1 Å². The molecule has 0 amide bonds. The van der Waals surface area contributed by atoms with Gasteiger partial charge in [-0.1, -0.05) is 11.6 Å². The molecule has 0 bridgehead atoms. The van der Waals surface area contributed by atoms with Crippen LogP contribution in [0, 0.1) is 17.5 Å².